The van der Waals surface area contributed by atoms with Crippen molar-refractivity contribution in [1.82, 2.24) is 10.6 Å². The van der Waals surface area contributed by atoms with E-state index in [1.807, 2.05) is 76.2 Å². The van der Waals surface area contributed by atoms with Gasteiger partial charge in [0.25, 0.3) is 0 Å². The van der Waals surface area contributed by atoms with Crippen molar-refractivity contribution >= 4 is 23.4 Å². The highest BCUT2D eigenvalue weighted by atomic mass is 16.5. The van der Waals surface area contributed by atoms with Gasteiger partial charge in [-0.3, -0.25) is 19.3 Å². The summed E-state index contributed by atoms with van der Waals surface area (Å²) in [7, 11) is 1.61. The number of rotatable bonds is 7. The molecule has 8 heteroatoms. The molecule has 2 saturated heterocycles. The molecule has 3 amide bonds. The van der Waals surface area contributed by atoms with Crippen LogP contribution < -0.4 is 20.3 Å². The van der Waals surface area contributed by atoms with E-state index < -0.39 is 34.6 Å². The summed E-state index contributed by atoms with van der Waals surface area (Å²) in [4.78, 5) is 44.0. The third-order valence-electron chi connectivity index (χ3n) is 9.60. The zero-order valence-corrected chi connectivity index (χ0v) is 25.8. The zero-order valence-electron chi connectivity index (χ0n) is 25.8. The van der Waals surface area contributed by atoms with Gasteiger partial charge in [-0.25, -0.2) is 0 Å². The number of ether oxygens (including phenoxy) is 2. The molecule has 2 bridgehead atoms. The molecule has 1 aliphatic carbocycles. The van der Waals surface area contributed by atoms with Gasteiger partial charge in [-0.2, -0.15) is 0 Å². The minimum Gasteiger partial charge on any atom is -0.497 e. The molecule has 8 nitrogen and oxygen atoms in total. The molecule has 6 rings (SSSR count). The summed E-state index contributed by atoms with van der Waals surface area (Å²) in [6.45, 7) is 7.88. The van der Waals surface area contributed by atoms with Gasteiger partial charge >= 0.3 is 0 Å². The highest BCUT2D eigenvalue weighted by molar-refractivity contribution is 6.10. The van der Waals surface area contributed by atoms with Gasteiger partial charge in [0.1, 0.15) is 17.4 Å². The van der Waals surface area contributed by atoms with Crippen LogP contribution in [0.1, 0.15) is 76.8 Å². The molecule has 0 aromatic heterocycles. The largest absolute Gasteiger partial charge is 0.497 e. The van der Waals surface area contributed by atoms with Gasteiger partial charge in [-0.15, -0.1) is 0 Å². The number of carbonyl (C=O) groups is 3. The normalized spacial score (nSPS) is 29.9. The predicted molar refractivity (Wildman–Crippen MR) is 165 cm³/mol. The number of anilines is 1. The van der Waals surface area contributed by atoms with Crippen LogP contribution in [0.4, 0.5) is 5.69 Å². The Labute approximate surface area is 254 Å². The fourth-order valence-corrected chi connectivity index (χ4v) is 7.64. The molecule has 0 unspecified atom stereocenters. The molecule has 3 fully saturated rings. The van der Waals surface area contributed by atoms with Crippen molar-refractivity contribution in [2.45, 2.75) is 95.0 Å². The van der Waals surface area contributed by atoms with Crippen LogP contribution in [0.15, 0.2) is 60.7 Å². The van der Waals surface area contributed by atoms with E-state index in [0.29, 0.717) is 18.2 Å². The molecular formula is C35H43N3O5. The Bertz CT molecular complexity index is 1420. The standard InChI is InChI=1S/C35H43N3O5/c1-33(2,3)37-31(40)29-35-20-19-34(4,43-35)27(30(39)36-21-22-11-17-26(42-5)18-12-22)28(35)32(41)38(29)25-15-13-24(14-16-25)23-9-7-6-8-10-23/h11-20,23,27-29H,6-10,21H2,1-5H3,(H,36,39)(H,37,40)/t27-,28+,29+,34+,35+/m0/s1. The van der Waals surface area contributed by atoms with Crippen LogP contribution in [-0.2, 0) is 25.7 Å². The number of carbonyl (C=O) groups excluding carboxylic acids is 3. The average Bonchev–Trinajstić information content (AvgIpc) is 3.56. The Morgan fingerprint density at radius 3 is 2.28 bits per heavy atom. The minimum absolute atomic E-state index is 0.267. The van der Waals surface area contributed by atoms with Crippen molar-refractivity contribution in [2.75, 3.05) is 12.0 Å². The van der Waals surface area contributed by atoms with Crippen molar-refractivity contribution in [2.24, 2.45) is 11.8 Å². The zero-order chi connectivity index (χ0) is 30.6. The third-order valence-corrected chi connectivity index (χ3v) is 9.60. The summed E-state index contributed by atoms with van der Waals surface area (Å²) in [6, 6.07) is 14.6. The SMILES string of the molecule is COc1ccc(CNC(=O)[C@@H]2[C@@H]3C(=O)N(c4ccc(C5CCCCC5)cc4)[C@H](C(=O)NC(C)(C)C)[C@@]34C=C[C@@]2(C)O4)cc1. The lowest BCUT2D eigenvalue weighted by molar-refractivity contribution is -0.134. The Kier molecular flexibility index (Phi) is 7.40. The van der Waals surface area contributed by atoms with E-state index in [1.54, 1.807) is 12.0 Å². The van der Waals surface area contributed by atoms with Crippen molar-refractivity contribution in [3.63, 3.8) is 0 Å². The van der Waals surface area contributed by atoms with E-state index in [4.69, 9.17) is 9.47 Å². The van der Waals surface area contributed by atoms with Crippen molar-refractivity contribution in [3.05, 3.63) is 71.8 Å². The van der Waals surface area contributed by atoms with Crippen LogP contribution in [0.5, 0.6) is 5.75 Å². The Balaban J connectivity index is 1.32. The fraction of sp³-hybridized carbons (Fsp3) is 0.514. The summed E-state index contributed by atoms with van der Waals surface area (Å²) in [5, 5.41) is 6.12. The van der Waals surface area contributed by atoms with Gasteiger partial charge in [-0.05, 0) is 81.8 Å². The van der Waals surface area contributed by atoms with Gasteiger partial charge in [-0.1, -0.05) is 55.7 Å². The third kappa shape index (κ3) is 5.13. The minimum atomic E-state index is -1.26. The van der Waals surface area contributed by atoms with E-state index in [0.717, 1.165) is 11.3 Å². The van der Waals surface area contributed by atoms with E-state index in [9.17, 15) is 14.4 Å². The van der Waals surface area contributed by atoms with Crippen LogP contribution in [0.2, 0.25) is 0 Å². The predicted octanol–water partition coefficient (Wildman–Crippen LogP) is 5.02. The number of hydrogen-bond acceptors (Lipinski definition) is 5. The molecule has 5 atom stereocenters. The topological polar surface area (TPSA) is 97.0 Å². The number of amides is 3. The molecule has 228 valence electrons. The number of nitrogens with one attached hydrogen (secondary N) is 2. The molecule has 2 N–H and O–H groups in total. The van der Waals surface area contributed by atoms with E-state index >= 15 is 0 Å². The number of fused-ring (bicyclic) bond motifs is 1. The lowest BCUT2D eigenvalue weighted by Gasteiger charge is -2.35. The average molecular weight is 586 g/mol. The lowest BCUT2D eigenvalue weighted by Crippen LogP contribution is -2.58. The van der Waals surface area contributed by atoms with E-state index in [2.05, 4.69) is 22.8 Å². The van der Waals surface area contributed by atoms with Gasteiger partial charge < -0.3 is 20.1 Å². The van der Waals surface area contributed by atoms with Gasteiger partial charge in [0, 0.05) is 17.8 Å². The smallest absolute Gasteiger partial charge is 0.246 e. The van der Waals surface area contributed by atoms with Crippen molar-refractivity contribution < 1.29 is 23.9 Å². The van der Waals surface area contributed by atoms with Crippen LogP contribution >= 0.6 is 0 Å². The lowest BCUT2D eigenvalue weighted by atomic mass is 9.70. The van der Waals surface area contributed by atoms with E-state index in [-0.39, 0.29) is 17.7 Å². The van der Waals surface area contributed by atoms with Crippen LogP contribution in [-0.4, -0.2) is 47.6 Å². The first-order valence-corrected chi connectivity index (χ1v) is 15.5. The van der Waals surface area contributed by atoms with Gasteiger partial charge in [0.15, 0.2) is 0 Å². The number of methoxy groups -OCH3 is 1. The number of benzene rings is 2. The molecule has 2 aromatic rings. The van der Waals surface area contributed by atoms with Gasteiger partial charge in [0.2, 0.25) is 17.7 Å². The molecule has 2 aromatic carbocycles. The molecule has 3 heterocycles. The number of nitrogens with zero attached hydrogens (tertiary/aromatic N) is 1. The second kappa shape index (κ2) is 10.8. The monoisotopic (exact) mass is 585 g/mol. The van der Waals surface area contributed by atoms with Crippen LogP contribution in [0.3, 0.4) is 0 Å². The summed E-state index contributed by atoms with van der Waals surface area (Å²) in [5.74, 6) is -1.21. The maximum atomic E-state index is 14.5. The molecule has 3 aliphatic heterocycles. The molecule has 4 aliphatic rings. The summed E-state index contributed by atoms with van der Waals surface area (Å²) >= 11 is 0. The molecule has 0 radical (unpaired) electrons. The summed E-state index contributed by atoms with van der Waals surface area (Å²) in [6.07, 6.45) is 9.82. The van der Waals surface area contributed by atoms with E-state index in [1.165, 1.54) is 37.7 Å². The maximum Gasteiger partial charge on any atom is 0.246 e. The van der Waals surface area contributed by atoms with Crippen LogP contribution in [0.25, 0.3) is 0 Å². The first kappa shape index (κ1) is 29.4. The Morgan fingerprint density at radius 2 is 1.65 bits per heavy atom. The van der Waals surface area contributed by atoms with Crippen molar-refractivity contribution in [3.8, 4) is 5.75 Å². The highest BCUT2D eigenvalue weighted by Gasteiger charge is 2.76. The second-order valence-corrected chi connectivity index (χ2v) is 13.8. The summed E-state index contributed by atoms with van der Waals surface area (Å²) in [5.41, 5.74) is 0.0285. The number of hydrogen-bond donors (Lipinski definition) is 2. The Hall–Kier alpha value is -3.65. The molecular weight excluding hydrogens is 542 g/mol. The van der Waals surface area contributed by atoms with Gasteiger partial charge in [0.05, 0.1) is 24.5 Å². The first-order valence-electron chi connectivity index (χ1n) is 15.5. The van der Waals surface area contributed by atoms with Crippen LogP contribution in [0, 0.1) is 11.8 Å². The highest BCUT2D eigenvalue weighted by Crippen LogP contribution is 2.60. The maximum absolute atomic E-state index is 14.5. The van der Waals surface area contributed by atoms with Crippen molar-refractivity contribution in [1.29, 1.82) is 0 Å². The summed E-state index contributed by atoms with van der Waals surface area (Å²) < 4.78 is 11.9. The molecule has 43 heavy (non-hydrogen) atoms. The Morgan fingerprint density at radius 1 is 0.977 bits per heavy atom. The quantitative estimate of drug-likeness (QED) is 0.445. The fourth-order valence-electron chi connectivity index (χ4n) is 7.64. The second-order valence-electron chi connectivity index (χ2n) is 13.8. The molecule has 1 spiro atoms. The first-order chi connectivity index (χ1) is 20.5. The molecule has 1 saturated carbocycles.